The maximum atomic E-state index is 12.1. The van der Waals surface area contributed by atoms with E-state index >= 15 is 0 Å². The van der Waals surface area contributed by atoms with Gasteiger partial charge in [0.15, 0.2) is 0 Å². The standard InChI is InChI=1S/C14H17N3O/c1-9-2-3-10(8-15)6-13(9)17-14(18)11-4-5-12(16)7-11/h2-3,6,11-12H,4-5,7,16H2,1H3,(H,17,18). The van der Waals surface area contributed by atoms with Crippen LogP contribution in [0.5, 0.6) is 0 Å². The highest BCUT2D eigenvalue weighted by Crippen LogP contribution is 2.26. The first-order valence-electron chi connectivity index (χ1n) is 6.17. The summed E-state index contributed by atoms with van der Waals surface area (Å²) < 4.78 is 0. The highest BCUT2D eigenvalue weighted by molar-refractivity contribution is 5.93. The Balaban J connectivity index is 2.09. The first-order chi connectivity index (χ1) is 8.60. The first kappa shape index (κ1) is 12.6. The van der Waals surface area contributed by atoms with Crippen LogP contribution in [-0.4, -0.2) is 11.9 Å². The number of carbonyl (C=O) groups is 1. The molecule has 18 heavy (non-hydrogen) atoms. The van der Waals surface area contributed by atoms with E-state index in [1.165, 1.54) is 0 Å². The zero-order chi connectivity index (χ0) is 13.1. The Bertz CT molecular complexity index is 504. The average Bonchev–Trinajstić information content (AvgIpc) is 2.79. The van der Waals surface area contributed by atoms with Gasteiger partial charge >= 0.3 is 0 Å². The summed E-state index contributed by atoms with van der Waals surface area (Å²) in [5.74, 6) is 0.0197. The molecule has 2 atom stereocenters. The molecule has 1 amide bonds. The summed E-state index contributed by atoms with van der Waals surface area (Å²) in [5, 5.41) is 11.8. The average molecular weight is 243 g/mol. The Morgan fingerprint density at radius 3 is 2.89 bits per heavy atom. The van der Waals surface area contributed by atoms with Crippen LogP contribution in [0.3, 0.4) is 0 Å². The van der Waals surface area contributed by atoms with E-state index in [1.54, 1.807) is 12.1 Å². The van der Waals surface area contributed by atoms with Gasteiger partial charge in [-0.3, -0.25) is 4.79 Å². The molecule has 4 nitrogen and oxygen atoms in total. The minimum atomic E-state index is 0.00476. The van der Waals surface area contributed by atoms with Crippen LogP contribution in [0.1, 0.15) is 30.4 Å². The summed E-state index contributed by atoms with van der Waals surface area (Å²) in [7, 11) is 0. The number of nitrogens with one attached hydrogen (secondary N) is 1. The number of nitriles is 1. The summed E-state index contributed by atoms with van der Waals surface area (Å²) in [6.45, 7) is 1.91. The summed E-state index contributed by atoms with van der Waals surface area (Å²) in [6.07, 6.45) is 2.52. The van der Waals surface area contributed by atoms with Gasteiger partial charge in [-0.05, 0) is 43.9 Å². The SMILES string of the molecule is Cc1ccc(C#N)cc1NC(=O)C1CCC(N)C1. The van der Waals surface area contributed by atoms with E-state index < -0.39 is 0 Å². The zero-order valence-electron chi connectivity index (χ0n) is 10.4. The molecule has 4 heteroatoms. The van der Waals surface area contributed by atoms with Crippen molar-refractivity contribution in [3.8, 4) is 6.07 Å². The molecule has 2 rings (SSSR count). The van der Waals surface area contributed by atoms with Crippen molar-refractivity contribution in [2.45, 2.75) is 32.2 Å². The molecule has 0 aliphatic heterocycles. The maximum Gasteiger partial charge on any atom is 0.227 e. The number of carbonyl (C=O) groups excluding carboxylic acids is 1. The minimum absolute atomic E-state index is 0.00476. The molecule has 1 aliphatic carbocycles. The second-order valence-corrected chi connectivity index (χ2v) is 4.90. The van der Waals surface area contributed by atoms with Crippen molar-refractivity contribution in [3.05, 3.63) is 29.3 Å². The lowest BCUT2D eigenvalue weighted by atomic mass is 10.1. The Morgan fingerprint density at radius 1 is 1.50 bits per heavy atom. The molecule has 94 valence electrons. The molecule has 0 heterocycles. The third-order valence-corrected chi connectivity index (χ3v) is 3.47. The van der Waals surface area contributed by atoms with Gasteiger partial charge in [0.05, 0.1) is 11.6 Å². The van der Waals surface area contributed by atoms with Crippen LogP contribution >= 0.6 is 0 Å². The molecule has 1 aromatic carbocycles. The normalized spacial score (nSPS) is 22.5. The lowest BCUT2D eigenvalue weighted by Crippen LogP contribution is -2.23. The summed E-state index contributed by atoms with van der Waals surface area (Å²) in [4.78, 5) is 12.1. The molecule has 0 spiro atoms. The smallest absolute Gasteiger partial charge is 0.227 e. The van der Waals surface area contributed by atoms with Gasteiger partial charge in [0.2, 0.25) is 5.91 Å². The number of anilines is 1. The zero-order valence-corrected chi connectivity index (χ0v) is 10.4. The van der Waals surface area contributed by atoms with E-state index in [-0.39, 0.29) is 17.9 Å². The monoisotopic (exact) mass is 243 g/mol. The predicted octanol–water partition coefficient (Wildman–Crippen LogP) is 1.93. The Morgan fingerprint density at radius 2 is 2.28 bits per heavy atom. The summed E-state index contributed by atoms with van der Waals surface area (Å²) in [6, 6.07) is 7.52. The number of hydrogen-bond acceptors (Lipinski definition) is 3. The number of benzene rings is 1. The highest BCUT2D eigenvalue weighted by atomic mass is 16.1. The van der Waals surface area contributed by atoms with Gasteiger partial charge in [0.1, 0.15) is 0 Å². The van der Waals surface area contributed by atoms with Crippen molar-refractivity contribution in [2.75, 3.05) is 5.32 Å². The van der Waals surface area contributed by atoms with Crippen LogP contribution in [0.25, 0.3) is 0 Å². The number of nitrogens with two attached hydrogens (primary N) is 1. The topological polar surface area (TPSA) is 78.9 Å². The van der Waals surface area contributed by atoms with Gasteiger partial charge in [-0.1, -0.05) is 6.07 Å². The number of rotatable bonds is 2. The van der Waals surface area contributed by atoms with Gasteiger partial charge in [0.25, 0.3) is 0 Å². The summed E-state index contributed by atoms with van der Waals surface area (Å²) in [5.41, 5.74) is 8.05. The lowest BCUT2D eigenvalue weighted by molar-refractivity contribution is -0.119. The molecule has 0 saturated heterocycles. The van der Waals surface area contributed by atoms with Crippen molar-refractivity contribution in [1.82, 2.24) is 0 Å². The molecule has 1 aliphatic rings. The number of nitrogens with zero attached hydrogens (tertiary/aromatic N) is 1. The molecule has 1 saturated carbocycles. The molecule has 2 unspecified atom stereocenters. The van der Waals surface area contributed by atoms with Crippen molar-refractivity contribution in [3.63, 3.8) is 0 Å². The quantitative estimate of drug-likeness (QED) is 0.833. The largest absolute Gasteiger partial charge is 0.328 e. The van der Waals surface area contributed by atoms with E-state index in [4.69, 9.17) is 11.0 Å². The van der Waals surface area contributed by atoms with Crippen molar-refractivity contribution in [1.29, 1.82) is 5.26 Å². The predicted molar refractivity (Wildman–Crippen MR) is 69.8 cm³/mol. The van der Waals surface area contributed by atoms with Crippen LogP contribution < -0.4 is 11.1 Å². The molecule has 3 N–H and O–H groups in total. The fourth-order valence-electron chi connectivity index (χ4n) is 2.32. The number of aryl methyl sites for hydroxylation is 1. The number of hydrogen-bond donors (Lipinski definition) is 2. The van der Waals surface area contributed by atoms with Gasteiger partial charge < -0.3 is 11.1 Å². The second kappa shape index (κ2) is 5.19. The third-order valence-electron chi connectivity index (χ3n) is 3.47. The fraction of sp³-hybridized carbons (Fsp3) is 0.429. The van der Waals surface area contributed by atoms with Gasteiger partial charge in [-0.2, -0.15) is 5.26 Å². The summed E-state index contributed by atoms with van der Waals surface area (Å²) >= 11 is 0. The van der Waals surface area contributed by atoms with E-state index in [1.807, 2.05) is 13.0 Å². The van der Waals surface area contributed by atoms with Gasteiger partial charge in [-0.25, -0.2) is 0 Å². The Kier molecular flexibility index (Phi) is 3.63. The highest BCUT2D eigenvalue weighted by Gasteiger charge is 2.27. The van der Waals surface area contributed by atoms with E-state index in [0.717, 1.165) is 30.5 Å². The van der Waals surface area contributed by atoms with E-state index in [2.05, 4.69) is 11.4 Å². The first-order valence-corrected chi connectivity index (χ1v) is 6.17. The van der Waals surface area contributed by atoms with Crippen LogP contribution in [0, 0.1) is 24.2 Å². The molecular weight excluding hydrogens is 226 g/mol. The van der Waals surface area contributed by atoms with Crippen molar-refractivity contribution in [2.24, 2.45) is 11.7 Å². The minimum Gasteiger partial charge on any atom is -0.328 e. The Hall–Kier alpha value is -1.86. The van der Waals surface area contributed by atoms with Gasteiger partial charge in [0, 0.05) is 17.6 Å². The second-order valence-electron chi connectivity index (χ2n) is 4.90. The molecule has 0 radical (unpaired) electrons. The van der Waals surface area contributed by atoms with E-state index in [9.17, 15) is 4.79 Å². The third kappa shape index (κ3) is 2.69. The van der Waals surface area contributed by atoms with Crippen LogP contribution in [-0.2, 0) is 4.79 Å². The number of amides is 1. The van der Waals surface area contributed by atoms with Gasteiger partial charge in [-0.15, -0.1) is 0 Å². The molecular formula is C14H17N3O. The van der Waals surface area contributed by atoms with Crippen LogP contribution in [0.4, 0.5) is 5.69 Å². The van der Waals surface area contributed by atoms with Crippen molar-refractivity contribution < 1.29 is 4.79 Å². The van der Waals surface area contributed by atoms with Crippen LogP contribution in [0.2, 0.25) is 0 Å². The molecule has 1 fully saturated rings. The molecule has 0 aromatic heterocycles. The van der Waals surface area contributed by atoms with Crippen LogP contribution in [0.15, 0.2) is 18.2 Å². The molecule has 0 bridgehead atoms. The van der Waals surface area contributed by atoms with E-state index in [0.29, 0.717) is 5.56 Å². The lowest BCUT2D eigenvalue weighted by Gasteiger charge is -2.12. The Labute approximate surface area is 107 Å². The van der Waals surface area contributed by atoms with Crippen molar-refractivity contribution >= 4 is 11.6 Å². The fourth-order valence-corrected chi connectivity index (χ4v) is 2.32. The molecule has 1 aromatic rings. The maximum absolute atomic E-state index is 12.1.